The first-order chi connectivity index (χ1) is 5.58. The van der Waals surface area contributed by atoms with Crippen molar-refractivity contribution in [2.45, 2.75) is 82.5 Å². The highest BCUT2D eigenvalue weighted by Gasteiger charge is 1.91. The molecule has 0 rings (SSSR count). The second-order valence-electron chi connectivity index (χ2n) is 2.65. The van der Waals surface area contributed by atoms with E-state index in [9.17, 15) is 5.11 Å². The molecule has 0 bridgehead atoms. The minimum absolute atomic E-state index is 0. The van der Waals surface area contributed by atoms with E-state index in [-0.39, 0.29) is 41.9 Å². The minimum atomic E-state index is -0.366. The van der Waals surface area contributed by atoms with E-state index >= 15 is 0 Å². The zero-order chi connectivity index (χ0) is 9.98. The molecular weight excluding hydrogens is 204 g/mol. The Morgan fingerprint density at radius 3 is 1.38 bits per heavy atom. The summed E-state index contributed by atoms with van der Waals surface area (Å²) in [7, 11) is 3.05. The maximum absolute atomic E-state index is 9.90. The van der Waals surface area contributed by atoms with Crippen molar-refractivity contribution < 1.29 is 14.9 Å². The lowest BCUT2D eigenvalue weighted by Crippen LogP contribution is -2.18. The van der Waals surface area contributed by atoms with Crippen LogP contribution in [0.2, 0.25) is 0 Å². The Labute approximate surface area is 105 Å². The molecule has 0 aliphatic rings. The van der Waals surface area contributed by atoms with E-state index in [0.717, 1.165) is 12.8 Å². The van der Waals surface area contributed by atoms with Crippen molar-refractivity contribution in [2.75, 3.05) is 0 Å². The second-order valence-corrected chi connectivity index (χ2v) is 2.65. The maximum Gasteiger partial charge on any atom is 0.0864 e. The van der Waals surface area contributed by atoms with Gasteiger partial charge in [-0.15, -0.1) is 6.10 Å². The highest BCUT2D eigenvalue weighted by molar-refractivity contribution is 4.37. The monoisotopic (exact) mass is 240 g/mol. The van der Waals surface area contributed by atoms with E-state index in [1.165, 1.54) is 0 Å². The van der Waals surface area contributed by atoms with Crippen LogP contribution in [0.25, 0.3) is 0 Å². The van der Waals surface area contributed by atoms with E-state index in [1.807, 2.05) is 20.8 Å². The normalized spacial score (nSPS) is 10.9. The summed E-state index contributed by atoms with van der Waals surface area (Å²) in [6, 6.07) is 0. The van der Waals surface area contributed by atoms with E-state index in [4.69, 9.17) is 0 Å². The van der Waals surface area contributed by atoms with Gasteiger partial charge in [0.1, 0.15) is 0 Å². The molecular formula is C13H36O3-2. The molecule has 108 valence electrons. The first-order valence-corrected chi connectivity index (χ1v) is 4.31. The molecule has 0 fully saturated rings. The summed E-state index contributed by atoms with van der Waals surface area (Å²) >= 11 is 0. The van der Waals surface area contributed by atoms with Gasteiger partial charge in [0.25, 0.3) is 0 Å². The molecule has 2 atom stereocenters. The van der Waals surface area contributed by atoms with Crippen LogP contribution in [0.5, 0.6) is 0 Å². The molecule has 0 radical (unpaired) electrons. The third-order valence-electron chi connectivity index (χ3n) is 1.38. The molecule has 0 aromatic heterocycles. The molecule has 0 aliphatic carbocycles. The van der Waals surface area contributed by atoms with Crippen LogP contribution in [0.3, 0.4) is 0 Å². The second kappa shape index (κ2) is 29.4. The van der Waals surface area contributed by atoms with Crippen molar-refractivity contribution in [1.82, 2.24) is 0 Å². The van der Waals surface area contributed by atoms with Gasteiger partial charge in [0.15, 0.2) is 0 Å². The minimum Gasteiger partial charge on any atom is -0.852 e. The average Bonchev–Trinajstić information content (AvgIpc) is 2.06. The SMILES string of the molecule is C.C.C.C.CCC(C)[O-].[CH2-]OOC(C)CC. The van der Waals surface area contributed by atoms with Crippen LogP contribution in [0.1, 0.15) is 70.2 Å². The van der Waals surface area contributed by atoms with Crippen LogP contribution in [-0.4, -0.2) is 12.2 Å². The fourth-order valence-corrected chi connectivity index (χ4v) is 0.184. The summed E-state index contributed by atoms with van der Waals surface area (Å²) in [5, 5.41) is 9.90. The summed E-state index contributed by atoms with van der Waals surface area (Å²) < 4.78 is 0. The summed E-state index contributed by atoms with van der Waals surface area (Å²) in [6.07, 6.45) is 1.50. The predicted molar refractivity (Wildman–Crippen MR) is 74.0 cm³/mol. The van der Waals surface area contributed by atoms with Gasteiger partial charge < -0.3 is 9.99 Å². The van der Waals surface area contributed by atoms with Crippen molar-refractivity contribution in [2.24, 2.45) is 0 Å². The van der Waals surface area contributed by atoms with Gasteiger partial charge in [-0.25, -0.2) is 0 Å². The van der Waals surface area contributed by atoms with Crippen LogP contribution in [-0.2, 0) is 9.78 Å². The van der Waals surface area contributed by atoms with Gasteiger partial charge in [-0.3, -0.25) is 4.89 Å². The Kier molecular flexibility index (Phi) is 66.1. The fraction of sp³-hybridized carbons (Fsp3) is 0.923. The Balaban J connectivity index is -0.0000000258. The van der Waals surface area contributed by atoms with Crippen molar-refractivity contribution in [3.05, 3.63) is 7.11 Å². The van der Waals surface area contributed by atoms with E-state index in [1.54, 1.807) is 6.92 Å². The van der Waals surface area contributed by atoms with Gasteiger partial charge in [-0.1, -0.05) is 56.9 Å². The molecule has 0 heterocycles. The summed E-state index contributed by atoms with van der Waals surface area (Å²) in [5.41, 5.74) is 0. The van der Waals surface area contributed by atoms with E-state index in [2.05, 4.69) is 16.9 Å². The molecule has 3 nitrogen and oxygen atoms in total. The number of hydrogen-bond acceptors (Lipinski definition) is 3. The fourth-order valence-electron chi connectivity index (χ4n) is 0.184. The number of hydrogen-bond donors (Lipinski definition) is 0. The molecule has 3 heteroatoms. The van der Waals surface area contributed by atoms with E-state index in [0.29, 0.717) is 0 Å². The molecule has 0 aromatic carbocycles. The zero-order valence-corrected chi connectivity index (χ0v) is 8.50. The Morgan fingerprint density at radius 1 is 1.00 bits per heavy atom. The van der Waals surface area contributed by atoms with Gasteiger partial charge in [-0.2, -0.15) is 7.11 Å². The third-order valence-corrected chi connectivity index (χ3v) is 1.38. The zero-order valence-electron chi connectivity index (χ0n) is 8.50. The highest BCUT2D eigenvalue weighted by Crippen LogP contribution is 1.93. The summed E-state index contributed by atoms with van der Waals surface area (Å²) in [5.74, 6) is 0. The maximum atomic E-state index is 9.90. The van der Waals surface area contributed by atoms with Crippen LogP contribution < -0.4 is 5.11 Å². The predicted octanol–water partition coefficient (Wildman–Crippen LogP) is 4.21. The number of rotatable bonds is 4. The molecule has 0 aromatic rings. The average molecular weight is 240 g/mol. The summed E-state index contributed by atoms with van der Waals surface area (Å²) in [4.78, 5) is 8.72. The molecule has 0 saturated carbocycles. The summed E-state index contributed by atoms with van der Waals surface area (Å²) in [6.45, 7) is 7.49. The Morgan fingerprint density at radius 2 is 1.31 bits per heavy atom. The smallest absolute Gasteiger partial charge is 0.0864 e. The quantitative estimate of drug-likeness (QED) is 0.420. The van der Waals surface area contributed by atoms with Gasteiger partial charge in [-0.05, 0) is 13.3 Å². The highest BCUT2D eigenvalue weighted by atomic mass is 17.2. The third kappa shape index (κ3) is 48.6. The van der Waals surface area contributed by atoms with Gasteiger partial charge in [0.2, 0.25) is 0 Å². The standard InChI is InChI=1S/C5H11O2.C4H9O.4CH4/c1-4-5(2)7-6-3;1-3-4(2)5;;;;/h5H,3-4H2,1-2H3;4H,3H2,1-2H3;4*1H4/q2*-1;;;;. The Hall–Kier alpha value is -0.120. The van der Waals surface area contributed by atoms with Crippen LogP contribution in [0, 0.1) is 7.11 Å². The van der Waals surface area contributed by atoms with Crippen LogP contribution in [0.4, 0.5) is 0 Å². The van der Waals surface area contributed by atoms with Crippen LogP contribution >= 0.6 is 0 Å². The first-order valence-electron chi connectivity index (χ1n) is 4.31. The first kappa shape index (κ1) is 36.0. The topological polar surface area (TPSA) is 41.5 Å². The van der Waals surface area contributed by atoms with Crippen molar-refractivity contribution in [1.29, 1.82) is 0 Å². The van der Waals surface area contributed by atoms with Crippen molar-refractivity contribution in [3.63, 3.8) is 0 Å². The lowest BCUT2D eigenvalue weighted by atomic mass is 10.3. The van der Waals surface area contributed by atoms with Gasteiger partial charge in [0.05, 0.1) is 6.10 Å². The van der Waals surface area contributed by atoms with Crippen molar-refractivity contribution >= 4 is 0 Å². The molecule has 0 N–H and O–H groups in total. The van der Waals surface area contributed by atoms with Gasteiger partial charge >= 0.3 is 0 Å². The molecule has 0 aliphatic heterocycles. The lowest BCUT2D eigenvalue weighted by molar-refractivity contribution is -0.414. The largest absolute Gasteiger partial charge is 0.852 e. The molecule has 16 heavy (non-hydrogen) atoms. The Bertz CT molecular complexity index is 75.6. The van der Waals surface area contributed by atoms with Crippen LogP contribution in [0.15, 0.2) is 0 Å². The molecule has 0 amide bonds. The van der Waals surface area contributed by atoms with Crippen molar-refractivity contribution in [3.8, 4) is 0 Å². The van der Waals surface area contributed by atoms with E-state index < -0.39 is 0 Å². The molecule has 2 unspecified atom stereocenters. The lowest BCUT2D eigenvalue weighted by Gasteiger charge is -2.09. The molecule has 0 spiro atoms. The molecule has 0 saturated heterocycles. The van der Waals surface area contributed by atoms with Gasteiger partial charge in [0, 0.05) is 0 Å².